The Bertz CT molecular complexity index is 425. The van der Waals surface area contributed by atoms with Crippen molar-refractivity contribution >= 4 is 15.9 Å². The zero-order valence-electron chi connectivity index (χ0n) is 11.1. The van der Waals surface area contributed by atoms with Gasteiger partial charge in [-0.1, -0.05) is 29.3 Å². The molecule has 1 aliphatic rings. The molecule has 0 aliphatic carbocycles. The van der Waals surface area contributed by atoms with Gasteiger partial charge in [0.15, 0.2) is 11.5 Å². The molecule has 0 radical (unpaired) electrons. The molecule has 1 aromatic carbocycles. The number of ether oxygens (including phenoxy) is 2. The first-order valence-corrected chi connectivity index (χ1v) is 7.43. The quantitative estimate of drug-likeness (QED) is 0.807. The number of fused-ring (bicyclic) bond motifs is 1. The van der Waals surface area contributed by atoms with E-state index in [1.807, 2.05) is 12.1 Å². The van der Waals surface area contributed by atoms with Gasteiger partial charge in [0.1, 0.15) is 0 Å². The van der Waals surface area contributed by atoms with E-state index in [2.05, 4.69) is 28.2 Å². The van der Waals surface area contributed by atoms with Gasteiger partial charge in [0, 0.05) is 17.6 Å². The summed E-state index contributed by atoms with van der Waals surface area (Å²) >= 11 is 3.55. The average molecular weight is 330 g/mol. The third kappa shape index (κ3) is 3.84. The maximum atomic E-state index is 8.97. The smallest absolute Gasteiger partial charge is 0.231 e. The summed E-state index contributed by atoms with van der Waals surface area (Å²) in [7, 11) is 0. The van der Waals surface area contributed by atoms with Gasteiger partial charge in [-0.15, -0.1) is 0 Å². The van der Waals surface area contributed by atoms with Crippen LogP contribution in [0.25, 0.3) is 0 Å². The molecule has 1 atom stereocenters. The van der Waals surface area contributed by atoms with E-state index in [-0.39, 0.29) is 6.61 Å². The third-order valence-corrected chi connectivity index (χ3v) is 4.14. The fourth-order valence-electron chi connectivity index (χ4n) is 2.14. The molecular formula is C14H20BrNO3. The Labute approximate surface area is 122 Å². The van der Waals surface area contributed by atoms with E-state index in [1.165, 1.54) is 0 Å². The van der Waals surface area contributed by atoms with Gasteiger partial charge in [-0.25, -0.2) is 0 Å². The molecule has 19 heavy (non-hydrogen) atoms. The lowest BCUT2D eigenvalue weighted by molar-refractivity contribution is 0.174. The van der Waals surface area contributed by atoms with Crippen molar-refractivity contribution in [2.75, 3.05) is 19.9 Å². The van der Waals surface area contributed by atoms with Crippen LogP contribution in [0, 0.1) is 5.92 Å². The van der Waals surface area contributed by atoms with E-state index in [1.54, 1.807) is 0 Å². The van der Waals surface area contributed by atoms with Gasteiger partial charge in [-0.3, -0.25) is 0 Å². The minimum atomic E-state index is 0.258. The van der Waals surface area contributed by atoms with Crippen molar-refractivity contribution in [3.63, 3.8) is 0 Å². The van der Waals surface area contributed by atoms with Crippen LogP contribution in [0.15, 0.2) is 16.6 Å². The van der Waals surface area contributed by atoms with Crippen LogP contribution in [0.2, 0.25) is 0 Å². The van der Waals surface area contributed by atoms with Gasteiger partial charge < -0.3 is 19.9 Å². The van der Waals surface area contributed by atoms with Gasteiger partial charge in [-0.05, 0) is 36.6 Å². The first kappa shape index (κ1) is 14.6. The second kappa shape index (κ2) is 7.12. The molecular weight excluding hydrogens is 310 g/mol. The highest BCUT2D eigenvalue weighted by Crippen LogP contribution is 2.36. The molecule has 1 heterocycles. The number of aliphatic hydroxyl groups excluding tert-OH is 1. The van der Waals surface area contributed by atoms with E-state index in [4.69, 9.17) is 14.6 Å². The summed E-state index contributed by atoms with van der Waals surface area (Å²) in [6.07, 6.45) is 1.93. The molecule has 0 bridgehead atoms. The van der Waals surface area contributed by atoms with Crippen molar-refractivity contribution in [2.24, 2.45) is 5.92 Å². The summed E-state index contributed by atoms with van der Waals surface area (Å²) < 4.78 is 11.7. The second-order valence-electron chi connectivity index (χ2n) is 4.71. The van der Waals surface area contributed by atoms with E-state index < -0.39 is 0 Å². The fraction of sp³-hybridized carbons (Fsp3) is 0.571. The number of benzene rings is 1. The molecule has 0 amide bonds. The Hall–Kier alpha value is -0.780. The lowest BCUT2D eigenvalue weighted by Gasteiger charge is -2.15. The summed E-state index contributed by atoms with van der Waals surface area (Å²) in [4.78, 5) is 0. The number of nitrogens with one attached hydrogen (secondary N) is 1. The molecule has 2 N–H and O–H groups in total. The summed E-state index contributed by atoms with van der Waals surface area (Å²) in [5.74, 6) is 2.13. The SMILES string of the molecule is CCC(CCO)CNCc1cc2c(cc1Br)OCO2. The van der Waals surface area contributed by atoms with Crippen molar-refractivity contribution in [2.45, 2.75) is 26.3 Å². The Balaban J connectivity index is 1.89. The zero-order chi connectivity index (χ0) is 13.7. The van der Waals surface area contributed by atoms with Crippen LogP contribution in [-0.4, -0.2) is 25.1 Å². The molecule has 0 spiro atoms. The number of halogens is 1. The maximum absolute atomic E-state index is 8.97. The minimum Gasteiger partial charge on any atom is -0.454 e. The molecule has 1 aromatic rings. The third-order valence-electron chi connectivity index (χ3n) is 3.40. The lowest BCUT2D eigenvalue weighted by Crippen LogP contribution is -2.23. The number of hydrogen-bond donors (Lipinski definition) is 2. The van der Waals surface area contributed by atoms with E-state index in [0.29, 0.717) is 12.7 Å². The molecule has 106 valence electrons. The molecule has 4 nitrogen and oxygen atoms in total. The van der Waals surface area contributed by atoms with Crippen LogP contribution >= 0.6 is 15.9 Å². The first-order valence-electron chi connectivity index (χ1n) is 6.64. The molecule has 1 unspecified atom stereocenters. The van der Waals surface area contributed by atoms with Gasteiger partial charge >= 0.3 is 0 Å². The molecule has 5 heteroatoms. The fourth-order valence-corrected chi connectivity index (χ4v) is 2.60. The Kier molecular flexibility index (Phi) is 5.48. The van der Waals surface area contributed by atoms with Gasteiger partial charge in [0.05, 0.1) is 0 Å². The van der Waals surface area contributed by atoms with E-state index >= 15 is 0 Å². The summed E-state index contributed by atoms with van der Waals surface area (Å²) in [6, 6.07) is 3.96. The van der Waals surface area contributed by atoms with Crippen LogP contribution in [0.1, 0.15) is 25.3 Å². The number of rotatable bonds is 7. The molecule has 0 fully saturated rings. The second-order valence-corrected chi connectivity index (χ2v) is 5.57. The van der Waals surface area contributed by atoms with Gasteiger partial charge in [-0.2, -0.15) is 0 Å². The van der Waals surface area contributed by atoms with Gasteiger partial charge in [0.2, 0.25) is 6.79 Å². The van der Waals surface area contributed by atoms with Crippen molar-refractivity contribution < 1.29 is 14.6 Å². The monoisotopic (exact) mass is 329 g/mol. The molecule has 0 saturated heterocycles. The number of hydrogen-bond acceptors (Lipinski definition) is 4. The zero-order valence-corrected chi connectivity index (χ0v) is 12.7. The van der Waals surface area contributed by atoms with Crippen LogP contribution in [0.3, 0.4) is 0 Å². The number of aliphatic hydroxyl groups is 1. The average Bonchev–Trinajstić information content (AvgIpc) is 2.84. The highest BCUT2D eigenvalue weighted by atomic mass is 79.9. The van der Waals surface area contributed by atoms with Crippen molar-refractivity contribution in [3.8, 4) is 11.5 Å². The van der Waals surface area contributed by atoms with E-state index in [9.17, 15) is 0 Å². The van der Waals surface area contributed by atoms with Gasteiger partial charge in [0.25, 0.3) is 0 Å². The summed E-state index contributed by atoms with van der Waals surface area (Å²) in [5.41, 5.74) is 1.16. The summed E-state index contributed by atoms with van der Waals surface area (Å²) in [5, 5.41) is 12.4. The highest BCUT2D eigenvalue weighted by Gasteiger charge is 2.16. The molecule has 0 aromatic heterocycles. The Morgan fingerprint density at radius 1 is 1.37 bits per heavy atom. The van der Waals surface area contributed by atoms with Crippen LogP contribution in [0.5, 0.6) is 11.5 Å². The molecule has 1 aliphatic heterocycles. The lowest BCUT2D eigenvalue weighted by atomic mass is 10.0. The van der Waals surface area contributed by atoms with E-state index in [0.717, 1.165) is 47.5 Å². The van der Waals surface area contributed by atoms with Crippen LogP contribution in [0.4, 0.5) is 0 Å². The normalized spacial score (nSPS) is 14.7. The Morgan fingerprint density at radius 3 is 2.79 bits per heavy atom. The van der Waals surface area contributed by atoms with Crippen LogP contribution in [-0.2, 0) is 6.54 Å². The first-order chi connectivity index (χ1) is 9.24. The Morgan fingerprint density at radius 2 is 2.11 bits per heavy atom. The van der Waals surface area contributed by atoms with Crippen molar-refractivity contribution in [1.29, 1.82) is 0 Å². The highest BCUT2D eigenvalue weighted by molar-refractivity contribution is 9.10. The standard InChI is InChI=1S/C14H20BrNO3/c1-2-10(3-4-17)7-16-8-11-5-13-14(6-12(11)15)19-9-18-13/h5-6,10,16-17H,2-4,7-9H2,1H3. The topological polar surface area (TPSA) is 50.7 Å². The minimum absolute atomic E-state index is 0.258. The maximum Gasteiger partial charge on any atom is 0.231 e. The predicted molar refractivity (Wildman–Crippen MR) is 77.5 cm³/mol. The predicted octanol–water partition coefficient (Wildman–Crippen LogP) is 2.68. The van der Waals surface area contributed by atoms with Crippen molar-refractivity contribution in [1.82, 2.24) is 5.32 Å². The molecule has 0 saturated carbocycles. The van der Waals surface area contributed by atoms with Crippen LogP contribution < -0.4 is 14.8 Å². The molecule has 2 rings (SSSR count). The largest absolute Gasteiger partial charge is 0.454 e. The van der Waals surface area contributed by atoms with Crippen molar-refractivity contribution in [3.05, 3.63) is 22.2 Å². The summed E-state index contributed by atoms with van der Waals surface area (Å²) in [6.45, 7) is 4.40.